The molecule has 38 heavy (non-hydrogen) atoms. The summed E-state index contributed by atoms with van der Waals surface area (Å²) in [4.78, 5) is 67.0. The van der Waals surface area contributed by atoms with Gasteiger partial charge in [-0.1, -0.05) is 26.7 Å². The summed E-state index contributed by atoms with van der Waals surface area (Å²) in [7, 11) is 0. The fraction of sp³-hybridized carbons (Fsp3) is 0.538. The van der Waals surface area contributed by atoms with Crippen molar-refractivity contribution in [2.45, 2.75) is 66.2 Å². The van der Waals surface area contributed by atoms with Crippen molar-refractivity contribution in [2.24, 2.45) is 11.8 Å². The summed E-state index contributed by atoms with van der Waals surface area (Å²) >= 11 is 0. The maximum absolute atomic E-state index is 13.1. The zero-order valence-electron chi connectivity index (χ0n) is 22.2. The number of pyridine rings is 1. The van der Waals surface area contributed by atoms with Crippen LogP contribution < -0.4 is 10.1 Å². The molecule has 2 rings (SSSR count). The number of carbonyl (C=O) groups excluding carboxylic acids is 5. The molecular formula is C26H32N2O10. The van der Waals surface area contributed by atoms with Crippen molar-refractivity contribution >= 4 is 30.0 Å². The van der Waals surface area contributed by atoms with Gasteiger partial charge in [0.25, 0.3) is 5.91 Å². The van der Waals surface area contributed by atoms with Crippen LogP contribution in [0.15, 0.2) is 12.3 Å². The van der Waals surface area contributed by atoms with Crippen LogP contribution in [0, 0.1) is 30.6 Å². The number of aromatic nitrogens is 1. The Morgan fingerprint density at radius 2 is 1.95 bits per heavy atom. The number of esters is 3. The summed E-state index contributed by atoms with van der Waals surface area (Å²) in [6, 6.07) is 0.0831. The van der Waals surface area contributed by atoms with Crippen LogP contribution in [-0.2, 0) is 33.3 Å². The Labute approximate surface area is 220 Å². The van der Waals surface area contributed by atoms with Gasteiger partial charge in [-0.25, -0.2) is 14.6 Å². The van der Waals surface area contributed by atoms with Crippen molar-refractivity contribution in [1.29, 1.82) is 0 Å². The first-order valence-electron chi connectivity index (χ1n) is 12.1. The van der Waals surface area contributed by atoms with Crippen LogP contribution in [0.2, 0.25) is 0 Å². The number of ether oxygens (including phenoxy) is 5. The van der Waals surface area contributed by atoms with Crippen molar-refractivity contribution in [1.82, 2.24) is 10.3 Å². The molecule has 12 heteroatoms. The van der Waals surface area contributed by atoms with Gasteiger partial charge in [0.2, 0.25) is 0 Å². The number of hydrogen-bond acceptors (Lipinski definition) is 11. The van der Waals surface area contributed by atoms with E-state index in [-0.39, 0.29) is 24.5 Å². The minimum atomic E-state index is -1.42. The lowest BCUT2D eigenvalue weighted by molar-refractivity contribution is -0.176. The second kappa shape index (κ2) is 14.0. The Bertz CT molecular complexity index is 1120. The average molecular weight is 533 g/mol. The van der Waals surface area contributed by atoms with Gasteiger partial charge in [0.1, 0.15) is 12.7 Å². The molecule has 0 bridgehead atoms. The van der Waals surface area contributed by atoms with E-state index in [4.69, 9.17) is 23.7 Å². The fourth-order valence-electron chi connectivity index (χ4n) is 3.42. The highest BCUT2D eigenvalue weighted by Gasteiger charge is 2.41. The van der Waals surface area contributed by atoms with Gasteiger partial charge in [0.05, 0.1) is 11.8 Å². The van der Waals surface area contributed by atoms with E-state index in [1.54, 1.807) is 34.6 Å². The zero-order chi connectivity index (χ0) is 28.4. The number of nitrogens with zero attached hydrogens (tertiary/aromatic N) is 1. The number of nitrogens with one attached hydrogen (secondary N) is 1. The molecule has 1 aliphatic heterocycles. The second-order valence-electron chi connectivity index (χ2n) is 8.74. The second-order valence-corrected chi connectivity index (χ2v) is 8.74. The van der Waals surface area contributed by atoms with Crippen LogP contribution in [0.3, 0.4) is 0 Å². The minimum Gasteiger partial charge on any atom is -0.463 e. The molecule has 0 aromatic carbocycles. The Hall–Kier alpha value is -4.14. The van der Waals surface area contributed by atoms with Gasteiger partial charge in [-0.2, -0.15) is 0 Å². The molecule has 0 unspecified atom stereocenters. The molecule has 1 amide bonds. The molecule has 0 aliphatic carbocycles. The van der Waals surface area contributed by atoms with Gasteiger partial charge < -0.3 is 29.0 Å². The van der Waals surface area contributed by atoms with E-state index in [0.29, 0.717) is 5.56 Å². The highest BCUT2D eigenvalue weighted by molar-refractivity contribution is 5.98. The third kappa shape index (κ3) is 7.93. The van der Waals surface area contributed by atoms with Crippen molar-refractivity contribution in [3.05, 3.63) is 23.5 Å². The van der Waals surface area contributed by atoms with Gasteiger partial charge in [-0.05, 0) is 38.8 Å². The lowest BCUT2D eigenvalue weighted by Crippen LogP contribution is -2.47. The molecule has 12 nitrogen and oxygen atoms in total. The van der Waals surface area contributed by atoms with E-state index >= 15 is 0 Å². The molecule has 1 aromatic heterocycles. The maximum atomic E-state index is 13.1. The summed E-state index contributed by atoms with van der Waals surface area (Å²) in [6.45, 7) is 8.86. The van der Waals surface area contributed by atoms with E-state index < -0.39 is 66.7 Å². The van der Waals surface area contributed by atoms with Crippen LogP contribution in [0.4, 0.5) is 4.79 Å². The lowest BCUT2D eigenvalue weighted by Gasteiger charge is -2.29. The van der Waals surface area contributed by atoms with Crippen molar-refractivity contribution in [3.63, 3.8) is 0 Å². The molecule has 0 saturated carbocycles. The number of cyclic esters (lactones) is 2. The molecule has 1 aromatic rings. The third-order valence-electron chi connectivity index (χ3n) is 5.55. The van der Waals surface area contributed by atoms with Gasteiger partial charge in [-0.15, -0.1) is 5.92 Å². The van der Waals surface area contributed by atoms with Crippen molar-refractivity contribution in [2.75, 3.05) is 13.2 Å². The fourth-order valence-corrected chi connectivity index (χ4v) is 3.42. The van der Waals surface area contributed by atoms with E-state index in [9.17, 15) is 24.0 Å². The molecule has 1 N–H and O–H groups in total. The number of carbonyl (C=O) groups is 5. The smallest absolute Gasteiger partial charge is 0.463 e. The first kappa shape index (κ1) is 30.1. The average Bonchev–Trinajstić information content (AvgIpc) is 2.90. The summed E-state index contributed by atoms with van der Waals surface area (Å²) in [5, 5.41) is 2.41. The molecular weight excluding hydrogens is 500 g/mol. The lowest BCUT2D eigenvalue weighted by atomic mass is 9.95. The summed E-state index contributed by atoms with van der Waals surface area (Å²) in [5.74, 6) is 0.446. The predicted octanol–water partition coefficient (Wildman–Crippen LogP) is 2.11. The molecule has 1 fully saturated rings. The Kier molecular flexibility index (Phi) is 11.1. The highest BCUT2D eigenvalue weighted by Crippen LogP contribution is 2.25. The number of amides is 1. The molecule has 4 atom stereocenters. The van der Waals surface area contributed by atoms with E-state index in [1.807, 2.05) is 0 Å². The molecule has 206 valence electrons. The first-order chi connectivity index (χ1) is 18.0. The van der Waals surface area contributed by atoms with Crippen molar-refractivity contribution < 1.29 is 47.7 Å². The standard InChI is InChI=1S/C26H32N2O10/c1-7-9-12-34-26(33)38-20-15(5)10-11-27-19(20)22(29)28-18-13-35-24(31)17(8-2)21(16(6)36-25(18)32)37-23(30)14(3)4/h10-11,14,16-18,21H,8,12-13H2,1-6H3,(H,28,29)/t16-,17+,18-,21-/m0/s1. The van der Waals surface area contributed by atoms with Crippen LogP contribution in [0.25, 0.3) is 0 Å². The first-order valence-corrected chi connectivity index (χ1v) is 12.1. The van der Waals surface area contributed by atoms with E-state index in [1.165, 1.54) is 19.2 Å². The Balaban J connectivity index is 2.25. The monoisotopic (exact) mass is 532 g/mol. The highest BCUT2D eigenvalue weighted by atomic mass is 16.7. The molecule has 0 spiro atoms. The Morgan fingerprint density at radius 1 is 1.24 bits per heavy atom. The number of hydrogen-bond donors (Lipinski definition) is 1. The van der Waals surface area contributed by atoms with E-state index in [2.05, 4.69) is 22.1 Å². The summed E-state index contributed by atoms with van der Waals surface area (Å²) in [5.41, 5.74) is 0.0760. The number of aryl methyl sites for hydroxylation is 1. The topological polar surface area (TPSA) is 156 Å². The Morgan fingerprint density at radius 3 is 2.58 bits per heavy atom. The van der Waals surface area contributed by atoms with Gasteiger partial charge in [0.15, 0.2) is 30.2 Å². The molecule has 1 aliphatic rings. The predicted molar refractivity (Wildman–Crippen MR) is 131 cm³/mol. The SMILES string of the molecule is CC#CCOC(=O)Oc1c(C)ccnc1C(=O)N[C@H]1COC(=O)[C@H](CC)[C@@H](OC(=O)C(C)C)[C@H](C)OC1=O. The maximum Gasteiger partial charge on any atom is 0.514 e. The molecule has 2 heterocycles. The summed E-state index contributed by atoms with van der Waals surface area (Å²) < 4.78 is 26.2. The van der Waals surface area contributed by atoms with Crippen LogP contribution in [0.5, 0.6) is 5.75 Å². The summed E-state index contributed by atoms with van der Waals surface area (Å²) in [6.07, 6.45) is -1.63. The molecule has 1 saturated heterocycles. The van der Waals surface area contributed by atoms with E-state index in [0.717, 1.165) is 0 Å². The van der Waals surface area contributed by atoms with Crippen LogP contribution >= 0.6 is 0 Å². The number of rotatable bonds is 7. The quantitative estimate of drug-likeness (QED) is 0.312. The third-order valence-corrected chi connectivity index (χ3v) is 5.55. The van der Waals surface area contributed by atoms with Crippen molar-refractivity contribution in [3.8, 4) is 17.6 Å². The van der Waals surface area contributed by atoms with Gasteiger partial charge >= 0.3 is 24.1 Å². The zero-order valence-corrected chi connectivity index (χ0v) is 22.2. The normalized spacial score (nSPS) is 21.3. The largest absolute Gasteiger partial charge is 0.514 e. The van der Waals surface area contributed by atoms with Crippen LogP contribution in [-0.4, -0.2) is 66.4 Å². The minimum absolute atomic E-state index is 0.187. The van der Waals surface area contributed by atoms with Gasteiger partial charge in [-0.3, -0.25) is 14.4 Å². The van der Waals surface area contributed by atoms with Crippen LogP contribution in [0.1, 0.15) is 57.1 Å². The molecule has 0 radical (unpaired) electrons. The van der Waals surface area contributed by atoms with Gasteiger partial charge in [0, 0.05) is 6.20 Å².